The summed E-state index contributed by atoms with van der Waals surface area (Å²) in [6.07, 6.45) is 2.29. The molecule has 4 aromatic rings. The second-order valence-corrected chi connectivity index (χ2v) is 13.9. The van der Waals surface area contributed by atoms with Gasteiger partial charge in [0.1, 0.15) is 6.10 Å². The van der Waals surface area contributed by atoms with Gasteiger partial charge in [0.15, 0.2) is 10.8 Å². The molecule has 2 amide bonds. The fourth-order valence-corrected chi connectivity index (χ4v) is 6.56. The molecular formula is C34H41N7O6S. The quantitative estimate of drug-likeness (QED) is 0.174. The van der Waals surface area contributed by atoms with Crippen molar-refractivity contribution in [3.8, 4) is 5.75 Å². The number of nitrogens with one attached hydrogen (secondary N) is 2. The van der Waals surface area contributed by atoms with Crippen LogP contribution in [0, 0.1) is 5.92 Å². The predicted molar refractivity (Wildman–Crippen MR) is 183 cm³/mol. The Morgan fingerprint density at radius 1 is 1.12 bits per heavy atom. The number of benzene rings is 3. The average Bonchev–Trinajstić information content (AvgIpc) is 3.51. The Morgan fingerprint density at radius 3 is 2.50 bits per heavy atom. The molecule has 1 aliphatic heterocycles. The standard InChI is InChI=1S/C34H41N7O6S/c1-22-16-41(23(2)20-42)34(44)26-8-7-11-29(38-48(45,46)31-19-40(4)21-36-31)32(26)47-30(22)18-39(3)17-24-12-14-25(15-13-24)33(43)37-28-10-6-5-9-27(28)35/h5-15,19,21-23,30,38,42H,16-18,20,35H2,1-4H3,(H,37,43)/t22-,23+,30-/m0/s1. The number of aryl methyl sites for hydroxylation is 1. The van der Waals surface area contributed by atoms with Gasteiger partial charge in [-0.05, 0) is 55.9 Å². The van der Waals surface area contributed by atoms with Crippen molar-refractivity contribution in [1.82, 2.24) is 19.4 Å². The van der Waals surface area contributed by atoms with Gasteiger partial charge in [-0.1, -0.05) is 37.3 Å². The SMILES string of the molecule is C[C@H](CO)N1C[C@H](C)[C@H](CN(C)Cc2ccc(C(=O)Nc3ccccc3N)cc2)Oc2c(NS(=O)(=O)c3cn(C)cn3)cccc2C1=O. The molecule has 0 saturated carbocycles. The van der Waals surface area contributed by atoms with Crippen molar-refractivity contribution in [2.24, 2.45) is 13.0 Å². The predicted octanol–water partition coefficient (Wildman–Crippen LogP) is 3.41. The first kappa shape index (κ1) is 34.4. The number of amides is 2. The van der Waals surface area contributed by atoms with Crippen LogP contribution < -0.4 is 20.5 Å². The summed E-state index contributed by atoms with van der Waals surface area (Å²) in [6.45, 7) is 4.75. The third-order valence-corrected chi connectivity index (χ3v) is 9.51. The van der Waals surface area contributed by atoms with Gasteiger partial charge >= 0.3 is 0 Å². The summed E-state index contributed by atoms with van der Waals surface area (Å²) < 4.78 is 37.1. The van der Waals surface area contributed by atoms with Crippen LogP contribution in [-0.4, -0.2) is 83.6 Å². The zero-order valence-electron chi connectivity index (χ0n) is 27.3. The van der Waals surface area contributed by atoms with Crippen molar-refractivity contribution in [3.63, 3.8) is 0 Å². The number of ether oxygens (including phenoxy) is 1. The number of nitrogen functional groups attached to an aromatic ring is 1. The average molecular weight is 676 g/mol. The molecule has 0 unspecified atom stereocenters. The molecule has 0 radical (unpaired) electrons. The van der Waals surface area contributed by atoms with Gasteiger partial charge < -0.3 is 30.4 Å². The van der Waals surface area contributed by atoms with Gasteiger partial charge in [-0.2, -0.15) is 8.42 Å². The molecule has 48 heavy (non-hydrogen) atoms. The maximum absolute atomic E-state index is 13.8. The number of likely N-dealkylation sites (N-methyl/N-ethyl adjacent to an activating group) is 1. The minimum absolute atomic E-state index is 0.107. The van der Waals surface area contributed by atoms with Crippen molar-refractivity contribution in [2.45, 2.75) is 37.6 Å². The number of aromatic nitrogens is 2. The van der Waals surface area contributed by atoms with E-state index < -0.39 is 22.2 Å². The number of hydrogen-bond acceptors (Lipinski definition) is 9. The number of carbonyl (C=O) groups is 2. The van der Waals surface area contributed by atoms with Crippen LogP contribution in [0.15, 0.2) is 84.3 Å². The van der Waals surface area contributed by atoms with Crippen LogP contribution in [-0.2, 0) is 23.6 Å². The van der Waals surface area contributed by atoms with E-state index in [1.165, 1.54) is 17.1 Å². The molecule has 0 spiro atoms. The first-order chi connectivity index (χ1) is 22.9. The lowest BCUT2D eigenvalue weighted by Crippen LogP contribution is -2.49. The van der Waals surface area contributed by atoms with Gasteiger partial charge in [0.05, 0.1) is 41.6 Å². The Hall–Kier alpha value is -4.92. The van der Waals surface area contributed by atoms with Crippen molar-refractivity contribution in [3.05, 3.63) is 95.9 Å². The molecule has 254 valence electrons. The van der Waals surface area contributed by atoms with Gasteiger partial charge in [-0.15, -0.1) is 0 Å². The largest absolute Gasteiger partial charge is 0.486 e. The second kappa shape index (κ2) is 14.5. The smallest absolute Gasteiger partial charge is 0.281 e. The van der Waals surface area contributed by atoms with Crippen molar-refractivity contribution in [1.29, 1.82) is 0 Å². The minimum atomic E-state index is -4.10. The lowest BCUT2D eigenvalue weighted by Gasteiger charge is -2.38. The molecule has 14 heteroatoms. The number of sulfonamides is 1. The fourth-order valence-electron chi connectivity index (χ4n) is 5.52. The molecule has 1 aliphatic rings. The Bertz CT molecular complexity index is 1880. The second-order valence-electron chi connectivity index (χ2n) is 12.2. The van der Waals surface area contributed by atoms with Gasteiger partial charge in [-0.3, -0.25) is 19.2 Å². The van der Waals surface area contributed by atoms with Crippen LogP contribution >= 0.6 is 0 Å². The van der Waals surface area contributed by atoms with E-state index in [4.69, 9.17) is 10.5 Å². The molecule has 0 bridgehead atoms. The molecule has 0 fully saturated rings. The van der Waals surface area contributed by atoms with E-state index in [1.807, 2.05) is 26.1 Å². The molecule has 5 N–H and O–H groups in total. The van der Waals surface area contributed by atoms with Crippen LogP contribution in [0.3, 0.4) is 0 Å². The zero-order chi connectivity index (χ0) is 34.6. The molecule has 0 saturated heterocycles. The summed E-state index contributed by atoms with van der Waals surface area (Å²) in [7, 11) is -0.496. The summed E-state index contributed by atoms with van der Waals surface area (Å²) in [5, 5.41) is 12.6. The summed E-state index contributed by atoms with van der Waals surface area (Å²) in [5.74, 6) is -0.732. The number of anilines is 3. The maximum Gasteiger partial charge on any atom is 0.281 e. The number of para-hydroxylation sites is 3. The molecule has 5 rings (SSSR count). The minimum Gasteiger partial charge on any atom is -0.486 e. The maximum atomic E-state index is 13.8. The number of nitrogens with zero attached hydrogens (tertiary/aromatic N) is 4. The molecule has 0 aliphatic carbocycles. The van der Waals surface area contributed by atoms with Gasteiger partial charge in [0, 0.05) is 44.4 Å². The summed E-state index contributed by atoms with van der Waals surface area (Å²) >= 11 is 0. The Kier molecular flexibility index (Phi) is 10.4. The van der Waals surface area contributed by atoms with Crippen LogP contribution in [0.25, 0.3) is 0 Å². The number of rotatable bonds is 11. The fraction of sp³-hybridized carbons (Fsp3) is 0.324. The highest BCUT2D eigenvalue weighted by molar-refractivity contribution is 7.92. The molecule has 3 atom stereocenters. The summed E-state index contributed by atoms with van der Waals surface area (Å²) in [4.78, 5) is 34.2. The molecule has 3 aromatic carbocycles. The third kappa shape index (κ3) is 7.78. The summed E-state index contributed by atoms with van der Waals surface area (Å²) in [6, 6.07) is 18.6. The van der Waals surface area contributed by atoms with Crippen LogP contribution in [0.5, 0.6) is 5.75 Å². The molecule has 1 aromatic heterocycles. The number of fused-ring (bicyclic) bond motifs is 1. The van der Waals surface area contributed by atoms with Crippen molar-refractivity contribution in [2.75, 3.05) is 42.5 Å². The molecule has 13 nitrogen and oxygen atoms in total. The Morgan fingerprint density at radius 2 is 1.83 bits per heavy atom. The van der Waals surface area contributed by atoms with E-state index in [2.05, 4.69) is 19.9 Å². The molecular weight excluding hydrogens is 634 g/mol. The number of nitrogens with two attached hydrogens (primary N) is 1. The number of aliphatic hydroxyl groups excluding tert-OH is 1. The Labute approximate surface area is 280 Å². The van der Waals surface area contributed by atoms with E-state index in [1.54, 1.807) is 73.5 Å². The Balaban J connectivity index is 1.36. The third-order valence-electron chi connectivity index (χ3n) is 8.26. The number of hydrogen-bond donors (Lipinski definition) is 4. The van der Waals surface area contributed by atoms with Crippen LogP contribution in [0.1, 0.15) is 40.1 Å². The van der Waals surface area contributed by atoms with Crippen LogP contribution in [0.4, 0.5) is 17.1 Å². The van der Waals surface area contributed by atoms with E-state index in [-0.39, 0.29) is 46.4 Å². The highest BCUT2D eigenvalue weighted by atomic mass is 32.2. The van der Waals surface area contributed by atoms with E-state index in [0.29, 0.717) is 36.6 Å². The summed E-state index contributed by atoms with van der Waals surface area (Å²) in [5.41, 5.74) is 8.72. The van der Waals surface area contributed by atoms with E-state index in [0.717, 1.165) is 5.56 Å². The first-order valence-corrected chi connectivity index (χ1v) is 17.0. The van der Waals surface area contributed by atoms with E-state index >= 15 is 0 Å². The number of imidazole rings is 1. The van der Waals surface area contributed by atoms with Crippen LogP contribution in [0.2, 0.25) is 0 Å². The topological polar surface area (TPSA) is 172 Å². The highest BCUT2D eigenvalue weighted by Gasteiger charge is 2.35. The lowest BCUT2D eigenvalue weighted by atomic mass is 9.99. The van der Waals surface area contributed by atoms with Gasteiger partial charge in [0.25, 0.3) is 21.8 Å². The number of aliphatic hydroxyl groups is 1. The van der Waals surface area contributed by atoms with E-state index in [9.17, 15) is 23.1 Å². The first-order valence-electron chi connectivity index (χ1n) is 15.5. The van der Waals surface area contributed by atoms with Crippen molar-refractivity contribution >= 4 is 38.9 Å². The lowest BCUT2D eigenvalue weighted by molar-refractivity contribution is 0.0344. The van der Waals surface area contributed by atoms with Crippen molar-refractivity contribution < 1.29 is 27.9 Å². The number of carbonyl (C=O) groups excluding carboxylic acids is 2. The molecule has 2 heterocycles. The van der Waals surface area contributed by atoms with Gasteiger partial charge in [-0.25, -0.2) is 4.98 Å². The van der Waals surface area contributed by atoms with Gasteiger partial charge in [0.2, 0.25) is 0 Å². The normalized spacial score (nSPS) is 17.2. The monoisotopic (exact) mass is 675 g/mol. The highest BCUT2D eigenvalue weighted by Crippen LogP contribution is 2.36. The zero-order valence-corrected chi connectivity index (χ0v) is 28.1.